The van der Waals surface area contributed by atoms with Gasteiger partial charge in [0.05, 0.1) is 6.20 Å². The van der Waals surface area contributed by atoms with Gasteiger partial charge >= 0.3 is 0 Å². The van der Waals surface area contributed by atoms with Crippen molar-refractivity contribution >= 4 is 0 Å². The Morgan fingerprint density at radius 3 is 2.45 bits per heavy atom. The van der Waals surface area contributed by atoms with Crippen LogP contribution in [0.4, 0.5) is 0 Å². The van der Waals surface area contributed by atoms with Crippen molar-refractivity contribution < 1.29 is 4.74 Å². The standard InChI is InChI=1S/C25H28N2O2/c1-18-8-7-9-19(2)22(18)15-26-12-13-27-16-25(24(28)14-23(27)20(26)3)29-17-21-10-5-4-6-11-21/h4-11,14,16,20H,12-13,15,17H2,1-3H3. The van der Waals surface area contributed by atoms with Gasteiger partial charge in [0.25, 0.3) is 0 Å². The number of benzene rings is 2. The number of pyridine rings is 1. The summed E-state index contributed by atoms with van der Waals surface area (Å²) < 4.78 is 8.01. The molecule has 0 saturated heterocycles. The van der Waals surface area contributed by atoms with Gasteiger partial charge in [-0.2, -0.15) is 0 Å². The molecular weight excluding hydrogens is 360 g/mol. The molecule has 0 amide bonds. The van der Waals surface area contributed by atoms with Crippen molar-refractivity contribution in [1.82, 2.24) is 9.47 Å². The van der Waals surface area contributed by atoms with E-state index in [2.05, 4.69) is 48.4 Å². The maximum Gasteiger partial charge on any atom is 0.223 e. The molecule has 1 aromatic heterocycles. The molecule has 0 radical (unpaired) electrons. The second-order valence-electron chi connectivity index (χ2n) is 7.91. The van der Waals surface area contributed by atoms with Gasteiger partial charge in [0, 0.05) is 37.4 Å². The van der Waals surface area contributed by atoms with Crippen LogP contribution in [0.2, 0.25) is 0 Å². The van der Waals surface area contributed by atoms with Crippen LogP contribution in [0, 0.1) is 13.8 Å². The van der Waals surface area contributed by atoms with E-state index in [1.165, 1.54) is 16.7 Å². The maximum absolute atomic E-state index is 12.7. The molecule has 0 spiro atoms. The van der Waals surface area contributed by atoms with Crippen LogP contribution in [-0.4, -0.2) is 16.0 Å². The number of hydrogen-bond acceptors (Lipinski definition) is 3. The lowest BCUT2D eigenvalue weighted by Gasteiger charge is -2.37. The summed E-state index contributed by atoms with van der Waals surface area (Å²) in [7, 11) is 0. The zero-order chi connectivity index (χ0) is 20.4. The minimum atomic E-state index is -0.0482. The van der Waals surface area contributed by atoms with Gasteiger partial charge in [-0.15, -0.1) is 0 Å². The highest BCUT2D eigenvalue weighted by Crippen LogP contribution is 2.28. The fraction of sp³-hybridized carbons (Fsp3) is 0.320. The molecule has 3 aromatic rings. The number of ether oxygens (including phenoxy) is 1. The number of rotatable bonds is 5. The van der Waals surface area contributed by atoms with Gasteiger partial charge in [-0.05, 0) is 43.0 Å². The second-order valence-corrected chi connectivity index (χ2v) is 7.91. The Balaban J connectivity index is 1.53. The molecule has 1 aliphatic rings. The van der Waals surface area contributed by atoms with Gasteiger partial charge in [-0.1, -0.05) is 48.5 Å². The van der Waals surface area contributed by atoms with Crippen LogP contribution in [-0.2, 0) is 19.7 Å². The summed E-state index contributed by atoms with van der Waals surface area (Å²) in [6.07, 6.45) is 1.88. The minimum absolute atomic E-state index is 0.0482. The molecule has 0 saturated carbocycles. The number of hydrogen-bond donors (Lipinski definition) is 0. The monoisotopic (exact) mass is 388 g/mol. The first-order valence-electron chi connectivity index (χ1n) is 10.2. The SMILES string of the molecule is Cc1cccc(C)c1CN1CCn2cc(OCc3ccccc3)c(=O)cc2C1C. The smallest absolute Gasteiger partial charge is 0.223 e. The Kier molecular flexibility index (Phi) is 5.54. The van der Waals surface area contributed by atoms with Gasteiger partial charge in [-0.25, -0.2) is 0 Å². The zero-order valence-corrected chi connectivity index (χ0v) is 17.4. The lowest BCUT2D eigenvalue weighted by atomic mass is 10.0. The third kappa shape index (κ3) is 4.13. The van der Waals surface area contributed by atoms with Crippen LogP contribution in [0.3, 0.4) is 0 Å². The van der Waals surface area contributed by atoms with Crippen molar-refractivity contribution in [3.8, 4) is 5.75 Å². The maximum atomic E-state index is 12.7. The Bertz CT molecular complexity index is 1040. The lowest BCUT2D eigenvalue weighted by molar-refractivity contribution is 0.157. The van der Waals surface area contributed by atoms with Crippen LogP contribution in [0.25, 0.3) is 0 Å². The van der Waals surface area contributed by atoms with E-state index in [1.807, 2.05) is 36.5 Å². The third-order valence-corrected chi connectivity index (χ3v) is 5.97. The summed E-state index contributed by atoms with van der Waals surface area (Å²) in [5.74, 6) is 0.424. The topological polar surface area (TPSA) is 34.5 Å². The molecule has 0 aliphatic carbocycles. The van der Waals surface area contributed by atoms with E-state index >= 15 is 0 Å². The first-order chi connectivity index (χ1) is 14.0. The molecule has 2 aromatic carbocycles. The van der Waals surface area contributed by atoms with Crippen LogP contribution >= 0.6 is 0 Å². The van der Waals surface area contributed by atoms with E-state index < -0.39 is 0 Å². The molecule has 4 rings (SSSR count). The molecule has 0 bridgehead atoms. The van der Waals surface area contributed by atoms with Gasteiger partial charge in [-0.3, -0.25) is 9.69 Å². The lowest BCUT2D eigenvalue weighted by Crippen LogP contribution is -2.38. The summed E-state index contributed by atoms with van der Waals surface area (Å²) >= 11 is 0. The quantitative estimate of drug-likeness (QED) is 0.640. The second kappa shape index (κ2) is 8.26. The molecule has 1 unspecified atom stereocenters. The van der Waals surface area contributed by atoms with Gasteiger partial charge in [0.1, 0.15) is 6.61 Å². The van der Waals surface area contributed by atoms with Crippen LogP contribution in [0.1, 0.15) is 40.9 Å². The van der Waals surface area contributed by atoms with Crippen molar-refractivity contribution in [2.24, 2.45) is 0 Å². The highest BCUT2D eigenvalue weighted by atomic mass is 16.5. The highest BCUT2D eigenvalue weighted by molar-refractivity contribution is 5.34. The summed E-state index contributed by atoms with van der Waals surface area (Å²) in [5, 5.41) is 0. The van der Waals surface area contributed by atoms with E-state index in [-0.39, 0.29) is 11.5 Å². The van der Waals surface area contributed by atoms with Gasteiger partial charge in [0.2, 0.25) is 5.43 Å². The Hall–Kier alpha value is -2.85. The van der Waals surface area contributed by atoms with E-state index in [4.69, 9.17) is 4.74 Å². The molecule has 2 heterocycles. The van der Waals surface area contributed by atoms with Gasteiger partial charge < -0.3 is 9.30 Å². The molecule has 1 aliphatic heterocycles. The predicted molar refractivity (Wildman–Crippen MR) is 116 cm³/mol. The number of aromatic nitrogens is 1. The first-order valence-corrected chi connectivity index (χ1v) is 10.2. The van der Waals surface area contributed by atoms with Crippen molar-refractivity contribution in [2.75, 3.05) is 6.54 Å². The van der Waals surface area contributed by atoms with Crippen LogP contribution < -0.4 is 10.2 Å². The molecule has 0 fully saturated rings. The van der Waals surface area contributed by atoms with E-state index in [9.17, 15) is 4.79 Å². The van der Waals surface area contributed by atoms with E-state index in [0.29, 0.717) is 12.4 Å². The highest BCUT2D eigenvalue weighted by Gasteiger charge is 2.25. The van der Waals surface area contributed by atoms with Crippen molar-refractivity contribution in [3.05, 3.63) is 99.0 Å². The number of fused-ring (bicyclic) bond motifs is 1. The third-order valence-electron chi connectivity index (χ3n) is 5.97. The van der Waals surface area contributed by atoms with Crippen molar-refractivity contribution in [1.29, 1.82) is 0 Å². The molecular formula is C25H28N2O2. The van der Waals surface area contributed by atoms with E-state index in [0.717, 1.165) is 30.9 Å². The fourth-order valence-electron chi connectivity index (χ4n) is 4.10. The van der Waals surface area contributed by atoms with Crippen LogP contribution in [0.15, 0.2) is 65.6 Å². The largest absolute Gasteiger partial charge is 0.483 e. The average molecular weight is 389 g/mol. The van der Waals surface area contributed by atoms with Gasteiger partial charge in [0.15, 0.2) is 5.75 Å². The molecule has 150 valence electrons. The molecule has 1 atom stereocenters. The summed E-state index contributed by atoms with van der Waals surface area (Å²) in [4.78, 5) is 15.1. The zero-order valence-electron chi connectivity index (χ0n) is 17.4. The molecule has 0 N–H and O–H groups in total. The van der Waals surface area contributed by atoms with Crippen LogP contribution in [0.5, 0.6) is 5.75 Å². The summed E-state index contributed by atoms with van der Waals surface area (Å²) in [6, 6.07) is 18.3. The summed E-state index contributed by atoms with van der Waals surface area (Å²) in [6.45, 7) is 9.64. The molecule has 29 heavy (non-hydrogen) atoms. The summed E-state index contributed by atoms with van der Waals surface area (Å²) in [5.41, 5.74) is 6.10. The van der Waals surface area contributed by atoms with E-state index in [1.54, 1.807) is 6.07 Å². The minimum Gasteiger partial charge on any atom is -0.483 e. The average Bonchev–Trinajstić information content (AvgIpc) is 2.72. The first kappa shape index (κ1) is 19.5. The molecule has 4 nitrogen and oxygen atoms in total. The molecule has 4 heteroatoms. The Morgan fingerprint density at radius 2 is 1.72 bits per heavy atom. The number of aryl methyl sites for hydroxylation is 2. The van der Waals surface area contributed by atoms with Crippen molar-refractivity contribution in [3.63, 3.8) is 0 Å². The Labute approximate surface area is 172 Å². The predicted octanol–water partition coefficient (Wildman–Crippen LogP) is 4.62. The fourth-order valence-corrected chi connectivity index (χ4v) is 4.10. The normalized spacial score (nSPS) is 16.4. The number of nitrogens with zero attached hydrogens (tertiary/aromatic N) is 2. The Morgan fingerprint density at radius 1 is 1.00 bits per heavy atom. The van der Waals surface area contributed by atoms with Crippen molar-refractivity contribution in [2.45, 2.75) is 46.5 Å².